The summed E-state index contributed by atoms with van der Waals surface area (Å²) in [4.78, 5) is 12.1. The van der Waals surface area contributed by atoms with E-state index < -0.39 is 0 Å². The zero-order chi connectivity index (χ0) is 17.5. The van der Waals surface area contributed by atoms with E-state index in [-0.39, 0.29) is 24.1 Å². The molecule has 2 N–H and O–H groups in total. The van der Waals surface area contributed by atoms with Crippen molar-refractivity contribution < 1.29 is 13.9 Å². The molecular weight excluding hydrogens is 355 g/mol. The Kier molecular flexibility index (Phi) is 7.88. The summed E-state index contributed by atoms with van der Waals surface area (Å²) in [5.41, 5.74) is 1.68. The van der Waals surface area contributed by atoms with Crippen molar-refractivity contribution in [1.82, 2.24) is 5.32 Å². The van der Waals surface area contributed by atoms with Crippen LogP contribution in [0.1, 0.15) is 24.8 Å². The van der Waals surface area contributed by atoms with Crippen LogP contribution in [0.5, 0.6) is 5.75 Å². The second-order valence-electron chi connectivity index (χ2n) is 6.39. The number of hydrogen-bond donors (Lipinski definition) is 2. The van der Waals surface area contributed by atoms with Crippen LogP contribution >= 0.6 is 12.4 Å². The van der Waals surface area contributed by atoms with Crippen LogP contribution in [0.2, 0.25) is 0 Å². The number of amides is 1. The van der Waals surface area contributed by atoms with E-state index in [1.54, 1.807) is 12.1 Å². The average Bonchev–Trinajstić information content (AvgIpc) is 3.12. The van der Waals surface area contributed by atoms with Gasteiger partial charge in [-0.15, -0.1) is 12.4 Å². The molecule has 1 saturated heterocycles. The molecule has 0 spiro atoms. The lowest BCUT2D eigenvalue weighted by Crippen LogP contribution is -2.15. The molecule has 1 amide bonds. The van der Waals surface area contributed by atoms with Gasteiger partial charge in [-0.1, -0.05) is 18.2 Å². The molecule has 1 aliphatic heterocycles. The molecule has 0 bridgehead atoms. The fourth-order valence-electron chi connectivity index (χ4n) is 2.98. The van der Waals surface area contributed by atoms with Gasteiger partial charge in [0.25, 0.3) is 0 Å². The van der Waals surface area contributed by atoms with Crippen LogP contribution in [0.3, 0.4) is 0 Å². The Bertz CT molecular complexity index is 720. The minimum Gasteiger partial charge on any atom is -0.489 e. The molecule has 1 heterocycles. The SMILES string of the molecule is Cl.O=C(CCC1CCNC1)Nc1cccc(COc2cccc(F)c2)c1. The minimum absolute atomic E-state index is 0. The maximum Gasteiger partial charge on any atom is 0.224 e. The largest absolute Gasteiger partial charge is 0.489 e. The third-order valence-corrected chi connectivity index (χ3v) is 4.35. The quantitative estimate of drug-likeness (QED) is 0.760. The summed E-state index contributed by atoms with van der Waals surface area (Å²) < 4.78 is 18.7. The number of rotatable bonds is 7. The van der Waals surface area contributed by atoms with E-state index in [2.05, 4.69) is 10.6 Å². The number of benzene rings is 2. The normalized spacial score (nSPS) is 16.0. The summed E-state index contributed by atoms with van der Waals surface area (Å²) in [7, 11) is 0. The van der Waals surface area contributed by atoms with Gasteiger partial charge >= 0.3 is 0 Å². The standard InChI is InChI=1S/C20H23FN2O2.ClH/c21-17-4-2-6-19(12-17)25-14-16-3-1-5-18(11-16)23-20(24)8-7-15-9-10-22-13-15;/h1-6,11-12,15,22H,7-10,13-14H2,(H,23,24);1H. The predicted molar refractivity (Wildman–Crippen MR) is 103 cm³/mol. The molecule has 26 heavy (non-hydrogen) atoms. The third-order valence-electron chi connectivity index (χ3n) is 4.35. The van der Waals surface area contributed by atoms with Crippen molar-refractivity contribution in [1.29, 1.82) is 0 Å². The molecule has 4 nitrogen and oxygen atoms in total. The highest BCUT2D eigenvalue weighted by Crippen LogP contribution is 2.18. The topological polar surface area (TPSA) is 50.4 Å². The van der Waals surface area contributed by atoms with Crippen LogP contribution in [0.4, 0.5) is 10.1 Å². The highest BCUT2D eigenvalue weighted by atomic mass is 35.5. The molecule has 2 aromatic rings. The van der Waals surface area contributed by atoms with E-state index in [1.807, 2.05) is 24.3 Å². The highest BCUT2D eigenvalue weighted by Gasteiger charge is 2.15. The van der Waals surface area contributed by atoms with Gasteiger partial charge in [-0.2, -0.15) is 0 Å². The molecule has 140 valence electrons. The van der Waals surface area contributed by atoms with Crippen molar-refractivity contribution >= 4 is 24.0 Å². The molecule has 1 atom stereocenters. The van der Waals surface area contributed by atoms with Crippen LogP contribution in [0.25, 0.3) is 0 Å². The van der Waals surface area contributed by atoms with Crippen LogP contribution < -0.4 is 15.4 Å². The van der Waals surface area contributed by atoms with E-state index in [0.29, 0.717) is 24.7 Å². The maximum absolute atomic E-state index is 13.2. The molecule has 0 aliphatic carbocycles. The summed E-state index contributed by atoms with van der Waals surface area (Å²) in [5.74, 6) is 0.808. The number of ether oxygens (including phenoxy) is 1. The predicted octanol–water partition coefficient (Wildman–Crippen LogP) is 4.15. The zero-order valence-electron chi connectivity index (χ0n) is 14.5. The Hall–Kier alpha value is -2.11. The van der Waals surface area contributed by atoms with E-state index in [9.17, 15) is 9.18 Å². The summed E-state index contributed by atoms with van der Waals surface area (Å²) in [6.07, 6.45) is 2.61. The van der Waals surface area contributed by atoms with Gasteiger partial charge in [-0.25, -0.2) is 4.39 Å². The van der Waals surface area contributed by atoms with Gasteiger partial charge in [-0.05, 0) is 61.7 Å². The number of carbonyl (C=O) groups is 1. The van der Waals surface area contributed by atoms with Crippen LogP contribution in [-0.4, -0.2) is 19.0 Å². The monoisotopic (exact) mass is 378 g/mol. The van der Waals surface area contributed by atoms with Crippen molar-refractivity contribution in [3.05, 3.63) is 59.9 Å². The van der Waals surface area contributed by atoms with E-state index in [4.69, 9.17) is 4.74 Å². The first kappa shape index (κ1) is 20.2. The first-order valence-corrected chi connectivity index (χ1v) is 8.67. The molecule has 6 heteroatoms. The van der Waals surface area contributed by atoms with Crippen molar-refractivity contribution in [3.8, 4) is 5.75 Å². The average molecular weight is 379 g/mol. The van der Waals surface area contributed by atoms with Crippen LogP contribution in [0.15, 0.2) is 48.5 Å². The van der Waals surface area contributed by atoms with E-state index >= 15 is 0 Å². The second kappa shape index (κ2) is 10.1. The van der Waals surface area contributed by atoms with Gasteiger partial charge in [0.1, 0.15) is 18.2 Å². The maximum atomic E-state index is 13.2. The molecule has 3 rings (SSSR count). The fourth-order valence-corrected chi connectivity index (χ4v) is 2.98. The smallest absolute Gasteiger partial charge is 0.224 e. The van der Waals surface area contributed by atoms with Crippen molar-refractivity contribution in [2.24, 2.45) is 5.92 Å². The number of halogens is 2. The molecular formula is C20H24ClFN2O2. The lowest BCUT2D eigenvalue weighted by atomic mass is 10.0. The lowest BCUT2D eigenvalue weighted by molar-refractivity contribution is -0.116. The molecule has 1 unspecified atom stereocenters. The number of anilines is 1. The van der Waals surface area contributed by atoms with Gasteiger partial charge in [0.2, 0.25) is 5.91 Å². The van der Waals surface area contributed by atoms with Crippen molar-refractivity contribution in [3.63, 3.8) is 0 Å². The molecule has 2 aromatic carbocycles. The Balaban J connectivity index is 0.00000243. The molecule has 0 aromatic heterocycles. The minimum atomic E-state index is -0.323. The van der Waals surface area contributed by atoms with Gasteiger partial charge in [-0.3, -0.25) is 4.79 Å². The van der Waals surface area contributed by atoms with Crippen LogP contribution in [-0.2, 0) is 11.4 Å². The van der Waals surface area contributed by atoms with Crippen molar-refractivity contribution in [2.45, 2.75) is 25.9 Å². The number of nitrogens with one attached hydrogen (secondary N) is 2. The third kappa shape index (κ3) is 6.32. The summed E-state index contributed by atoms with van der Waals surface area (Å²) >= 11 is 0. The molecule has 1 fully saturated rings. The summed E-state index contributed by atoms with van der Waals surface area (Å²) in [5, 5.41) is 6.25. The highest BCUT2D eigenvalue weighted by molar-refractivity contribution is 5.90. The van der Waals surface area contributed by atoms with Gasteiger partial charge in [0.05, 0.1) is 0 Å². The number of carbonyl (C=O) groups excluding carboxylic acids is 1. The number of hydrogen-bond acceptors (Lipinski definition) is 3. The molecule has 0 radical (unpaired) electrons. The Morgan fingerprint density at radius 1 is 1.23 bits per heavy atom. The first-order chi connectivity index (χ1) is 12.2. The zero-order valence-corrected chi connectivity index (χ0v) is 15.4. The summed E-state index contributed by atoms with van der Waals surface area (Å²) in [6.45, 7) is 2.39. The second-order valence-corrected chi connectivity index (χ2v) is 6.39. The molecule has 1 aliphatic rings. The Morgan fingerprint density at radius 3 is 2.85 bits per heavy atom. The van der Waals surface area contributed by atoms with Gasteiger partial charge in [0, 0.05) is 18.2 Å². The van der Waals surface area contributed by atoms with E-state index in [1.165, 1.54) is 12.1 Å². The van der Waals surface area contributed by atoms with Gasteiger partial charge in [0.15, 0.2) is 0 Å². The lowest BCUT2D eigenvalue weighted by Gasteiger charge is -2.10. The Morgan fingerprint density at radius 2 is 2.08 bits per heavy atom. The first-order valence-electron chi connectivity index (χ1n) is 8.67. The molecule has 0 saturated carbocycles. The van der Waals surface area contributed by atoms with Crippen LogP contribution in [0, 0.1) is 11.7 Å². The summed E-state index contributed by atoms with van der Waals surface area (Å²) in [6, 6.07) is 13.6. The fraction of sp³-hybridized carbons (Fsp3) is 0.350. The van der Waals surface area contributed by atoms with Gasteiger partial charge < -0.3 is 15.4 Å². The van der Waals surface area contributed by atoms with Crippen molar-refractivity contribution in [2.75, 3.05) is 18.4 Å². The Labute approximate surface area is 159 Å². The van der Waals surface area contributed by atoms with E-state index in [0.717, 1.165) is 37.2 Å².